The largest absolute Gasteiger partial charge is 0.464 e. The maximum absolute atomic E-state index is 12.6. The molecule has 1 atom stereocenters. The van der Waals surface area contributed by atoms with Crippen LogP contribution in [0.2, 0.25) is 0 Å². The van der Waals surface area contributed by atoms with E-state index in [0.717, 1.165) is 11.4 Å². The second kappa shape index (κ2) is 9.50. The van der Waals surface area contributed by atoms with Crippen LogP contribution in [0, 0.1) is 20.8 Å². The highest BCUT2D eigenvalue weighted by Gasteiger charge is 2.36. The van der Waals surface area contributed by atoms with Crippen LogP contribution in [0.3, 0.4) is 0 Å². The lowest BCUT2D eigenvalue weighted by Crippen LogP contribution is -2.47. The second-order valence-electron chi connectivity index (χ2n) is 7.15. The lowest BCUT2D eigenvalue weighted by molar-refractivity contribution is -0.144. The molecule has 2 aromatic rings. The molecule has 2 aromatic heterocycles. The maximum atomic E-state index is 12.6. The summed E-state index contributed by atoms with van der Waals surface area (Å²) in [4.78, 5) is 37.1. The number of nitrogens with zero attached hydrogens (tertiary/aromatic N) is 2. The highest BCUT2D eigenvalue weighted by atomic mass is 16.5. The molecule has 2 N–H and O–H groups in total. The molecule has 10 heteroatoms. The molecule has 1 aliphatic heterocycles. The van der Waals surface area contributed by atoms with Crippen molar-refractivity contribution in [1.29, 1.82) is 0 Å². The lowest BCUT2D eigenvalue weighted by Gasteiger charge is -2.27. The van der Waals surface area contributed by atoms with Crippen LogP contribution >= 0.6 is 0 Å². The number of carbonyl (C=O) groups is 3. The highest BCUT2D eigenvalue weighted by Crippen LogP contribution is 2.29. The van der Waals surface area contributed by atoms with Gasteiger partial charge < -0.3 is 24.5 Å². The molecule has 0 aromatic carbocycles. The van der Waals surface area contributed by atoms with Gasteiger partial charge in [0, 0.05) is 5.69 Å². The number of nitrogens with one attached hydrogen (secondary N) is 2. The summed E-state index contributed by atoms with van der Waals surface area (Å²) in [6.45, 7) is 7.45. The van der Waals surface area contributed by atoms with Gasteiger partial charge in [0.2, 0.25) is 0 Å². The summed E-state index contributed by atoms with van der Waals surface area (Å²) >= 11 is 0. The summed E-state index contributed by atoms with van der Waals surface area (Å²) in [7, 11) is 0. The van der Waals surface area contributed by atoms with Crippen molar-refractivity contribution in [2.75, 3.05) is 13.2 Å². The van der Waals surface area contributed by atoms with E-state index in [1.807, 2.05) is 19.9 Å². The van der Waals surface area contributed by atoms with Crippen molar-refractivity contribution in [3.05, 3.63) is 52.4 Å². The summed E-state index contributed by atoms with van der Waals surface area (Å²) in [6.07, 6.45) is 0.0942. The van der Waals surface area contributed by atoms with Crippen LogP contribution in [-0.4, -0.2) is 41.0 Å². The third-order valence-corrected chi connectivity index (χ3v) is 4.70. The van der Waals surface area contributed by atoms with Gasteiger partial charge in [-0.25, -0.2) is 9.59 Å². The van der Waals surface area contributed by atoms with Gasteiger partial charge in [0.15, 0.2) is 0 Å². The van der Waals surface area contributed by atoms with Crippen molar-refractivity contribution >= 4 is 18.0 Å². The molecule has 3 rings (SSSR count). The topological polar surface area (TPSA) is 125 Å². The molecule has 0 spiro atoms. The zero-order chi connectivity index (χ0) is 22.5. The van der Waals surface area contributed by atoms with E-state index in [1.54, 1.807) is 30.7 Å². The molecule has 166 valence electrons. The molecule has 0 bridgehead atoms. The molecule has 0 saturated carbocycles. The molecule has 3 heterocycles. The van der Waals surface area contributed by atoms with E-state index >= 15 is 0 Å². The predicted molar refractivity (Wildman–Crippen MR) is 109 cm³/mol. The van der Waals surface area contributed by atoms with Crippen LogP contribution < -0.4 is 10.6 Å². The van der Waals surface area contributed by atoms with Gasteiger partial charge >= 0.3 is 18.0 Å². The fourth-order valence-corrected chi connectivity index (χ4v) is 3.33. The van der Waals surface area contributed by atoms with Crippen molar-refractivity contribution in [3.63, 3.8) is 0 Å². The van der Waals surface area contributed by atoms with E-state index in [2.05, 4.69) is 15.7 Å². The lowest BCUT2D eigenvalue weighted by atomic mass is 10.0. The molecular weight excluding hydrogens is 404 g/mol. The monoisotopic (exact) mass is 430 g/mol. The summed E-state index contributed by atoms with van der Waals surface area (Å²) < 4.78 is 17.8. The Labute approximate surface area is 179 Å². The Balaban J connectivity index is 1.75. The third kappa shape index (κ3) is 5.33. The number of furan rings is 1. The molecule has 0 aliphatic carbocycles. The van der Waals surface area contributed by atoms with Gasteiger partial charge in [-0.15, -0.1) is 0 Å². The number of carbonyl (C=O) groups excluding carboxylic acids is 3. The summed E-state index contributed by atoms with van der Waals surface area (Å²) in [5.41, 5.74) is 2.09. The standard InChI is InChI=1S/C21H26N4O6/c1-5-29-20(27)18-15(22-21(28)23-19(18)16-7-6-14(4)31-16)11-30-17(26)8-9-25-13(3)10-12(2)24-25/h6-7,10,19H,5,8-9,11H2,1-4H3,(H2,22,23,28)/t19-/m1/s1. The van der Waals surface area contributed by atoms with Gasteiger partial charge in [0.25, 0.3) is 0 Å². The van der Waals surface area contributed by atoms with E-state index in [0.29, 0.717) is 18.1 Å². The number of urea groups is 1. The molecule has 2 amide bonds. The first-order valence-corrected chi connectivity index (χ1v) is 9.99. The van der Waals surface area contributed by atoms with Crippen molar-refractivity contribution in [1.82, 2.24) is 20.4 Å². The average Bonchev–Trinajstić information content (AvgIpc) is 3.28. The second-order valence-corrected chi connectivity index (χ2v) is 7.15. The van der Waals surface area contributed by atoms with Crippen LogP contribution in [0.25, 0.3) is 0 Å². The van der Waals surface area contributed by atoms with E-state index < -0.39 is 24.0 Å². The maximum Gasteiger partial charge on any atom is 0.338 e. The van der Waals surface area contributed by atoms with Crippen LogP contribution in [-0.2, 0) is 25.6 Å². The number of esters is 2. The fourth-order valence-electron chi connectivity index (χ4n) is 3.33. The number of hydrogen-bond acceptors (Lipinski definition) is 7. The van der Waals surface area contributed by atoms with E-state index in [9.17, 15) is 14.4 Å². The minimum Gasteiger partial charge on any atom is -0.464 e. The first-order chi connectivity index (χ1) is 14.8. The van der Waals surface area contributed by atoms with Crippen LogP contribution in [0.5, 0.6) is 0 Å². The number of rotatable bonds is 8. The summed E-state index contributed by atoms with van der Waals surface area (Å²) in [5, 5.41) is 9.51. The molecule has 0 unspecified atom stereocenters. The zero-order valence-electron chi connectivity index (χ0n) is 18.0. The van der Waals surface area contributed by atoms with Gasteiger partial charge in [-0.05, 0) is 45.9 Å². The van der Waals surface area contributed by atoms with Gasteiger partial charge in [0.05, 0.1) is 36.5 Å². The van der Waals surface area contributed by atoms with Crippen molar-refractivity contribution in [2.24, 2.45) is 0 Å². The average molecular weight is 430 g/mol. The normalized spacial score (nSPS) is 16.0. The van der Waals surface area contributed by atoms with Gasteiger partial charge in [-0.2, -0.15) is 5.10 Å². The third-order valence-electron chi connectivity index (χ3n) is 4.70. The number of hydrogen-bond donors (Lipinski definition) is 2. The SMILES string of the molecule is CCOC(=O)C1=C(COC(=O)CCn2nc(C)cc2C)NC(=O)N[C@@H]1c1ccc(C)o1. The Kier molecular flexibility index (Phi) is 6.78. The van der Waals surface area contributed by atoms with Crippen LogP contribution in [0.1, 0.15) is 42.3 Å². The molecule has 10 nitrogen and oxygen atoms in total. The molecular formula is C21H26N4O6. The molecule has 0 radical (unpaired) electrons. The predicted octanol–water partition coefficient (Wildman–Crippen LogP) is 2.21. The Morgan fingerprint density at radius 2 is 2.00 bits per heavy atom. The minimum absolute atomic E-state index is 0.0942. The Hall–Kier alpha value is -3.56. The first-order valence-electron chi connectivity index (χ1n) is 9.99. The first kappa shape index (κ1) is 22.1. The van der Waals surface area contributed by atoms with E-state index in [4.69, 9.17) is 13.9 Å². The highest BCUT2D eigenvalue weighted by molar-refractivity contribution is 5.95. The molecule has 0 saturated heterocycles. The fraction of sp³-hybridized carbons (Fsp3) is 0.429. The van der Waals surface area contributed by atoms with Gasteiger partial charge in [-0.1, -0.05) is 0 Å². The van der Waals surface area contributed by atoms with Gasteiger partial charge in [0.1, 0.15) is 24.2 Å². The summed E-state index contributed by atoms with van der Waals surface area (Å²) in [6, 6.07) is 3.92. The Morgan fingerprint density at radius 1 is 1.23 bits per heavy atom. The number of amides is 2. The quantitative estimate of drug-likeness (QED) is 0.615. The summed E-state index contributed by atoms with van der Waals surface area (Å²) in [5.74, 6) is -0.115. The smallest absolute Gasteiger partial charge is 0.338 e. The van der Waals surface area contributed by atoms with Gasteiger partial charge in [-0.3, -0.25) is 9.48 Å². The van der Waals surface area contributed by atoms with E-state index in [-0.39, 0.29) is 30.9 Å². The van der Waals surface area contributed by atoms with Crippen molar-refractivity contribution in [3.8, 4) is 0 Å². The number of aromatic nitrogens is 2. The number of ether oxygens (including phenoxy) is 2. The van der Waals surface area contributed by atoms with Crippen LogP contribution in [0.4, 0.5) is 4.79 Å². The van der Waals surface area contributed by atoms with Crippen LogP contribution in [0.15, 0.2) is 33.9 Å². The zero-order valence-corrected chi connectivity index (χ0v) is 18.0. The van der Waals surface area contributed by atoms with E-state index in [1.165, 1.54) is 0 Å². The van der Waals surface area contributed by atoms with Crippen molar-refractivity contribution in [2.45, 2.75) is 46.7 Å². The van der Waals surface area contributed by atoms with Crippen molar-refractivity contribution < 1.29 is 28.3 Å². The molecule has 31 heavy (non-hydrogen) atoms. The molecule has 0 fully saturated rings. The number of aryl methyl sites for hydroxylation is 4. The minimum atomic E-state index is -0.857. The molecule has 1 aliphatic rings. The Bertz CT molecular complexity index is 1020. The Morgan fingerprint density at radius 3 is 2.61 bits per heavy atom.